The third kappa shape index (κ3) is 1.17. The van der Waals surface area contributed by atoms with E-state index in [-0.39, 0.29) is 0 Å². The molecule has 0 spiro atoms. The van der Waals surface area contributed by atoms with Gasteiger partial charge in [0.2, 0.25) is 0 Å². The first-order chi connectivity index (χ1) is 6.27. The van der Waals surface area contributed by atoms with Crippen LogP contribution in [0.4, 0.5) is 0 Å². The normalized spacial score (nSPS) is 11.3. The molecular formula is C9H13N3S. The molecule has 0 unspecified atom stereocenters. The van der Waals surface area contributed by atoms with Crippen LogP contribution in [0.1, 0.15) is 23.2 Å². The van der Waals surface area contributed by atoms with Crippen molar-refractivity contribution in [3.05, 3.63) is 22.5 Å². The monoisotopic (exact) mass is 195 g/mol. The maximum Gasteiger partial charge on any atom is 0.194 e. The fourth-order valence-corrected chi connectivity index (χ4v) is 2.73. The molecule has 0 saturated heterocycles. The summed E-state index contributed by atoms with van der Waals surface area (Å²) in [4.78, 5) is 6.64. The number of hydrogen-bond donors (Lipinski definition) is 1. The second-order valence-electron chi connectivity index (χ2n) is 3.05. The number of fused-ring (bicyclic) bond motifs is 1. The summed E-state index contributed by atoms with van der Waals surface area (Å²) >= 11 is 1.70. The van der Waals surface area contributed by atoms with Gasteiger partial charge >= 0.3 is 0 Å². The van der Waals surface area contributed by atoms with Gasteiger partial charge in [-0.05, 0) is 13.3 Å². The van der Waals surface area contributed by atoms with Gasteiger partial charge in [-0.3, -0.25) is 4.40 Å². The number of imidazole rings is 1. The number of thiazole rings is 1. The number of aryl methyl sites for hydroxylation is 2. The Balaban J connectivity index is 2.76. The molecule has 3 nitrogen and oxygen atoms in total. The quantitative estimate of drug-likeness (QED) is 0.793. The molecular weight excluding hydrogens is 182 g/mol. The molecule has 0 aliphatic rings. The summed E-state index contributed by atoms with van der Waals surface area (Å²) in [5.41, 5.74) is 8.18. The zero-order chi connectivity index (χ0) is 9.42. The molecule has 0 saturated carbocycles. The van der Waals surface area contributed by atoms with Gasteiger partial charge in [0.1, 0.15) is 0 Å². The molecule has 0 aromatic carbocycles. The predicted octanol–water partition coefficient (Wildman–Crippen LogP) is 1.73. The molecule has 0 radical (unpaired) electrons. The van der Waals surface area contributed by atoms with E-state index >= 15 is 0 Å². The van der Waals surface area contributed by atoms with Crippen LogP contribution in [0, 0.1) is 6.92 Å². The number of nitrogens with zero attached hydrogens (tertiary/aromatic N) is 2. The molecule has 13 heavy (non-hydrogen) atoms. The van der Waals surface area contributed by atoms with E-state index < -0.39 is 0 Å². The highest BCUT2D eigenvalue weighted by Gasteiger charge is 2.11. The second kappa shape index (κ2) is 3.12. The van der Waals surface area contributed by atoms with E-state index in [2.05, 4.69) is 23.2 Å². The molecule has 0 fully saturated rings. The highest BCUT2D eigenvalue weighted by Crippen LogP contribution is 2.24. The molecule has 4 heteroatoms. The van der Waals surface area contributed by atoms with Gasteiger partial charge in [-0.15, -0.1) is 0 Å². The van der Waals surface area contributed by atoms with Gasteiger partial charge < -0.3 is 5.73 Å². The van der Waals surface area contributed by atoms with Crippen molar-refractivity contribution in [3.63, 3.8) is 0 Å². The maximum atomic E-state index is 5.67. The minimum atomic E-state index is 0.622. The molecule has 70 valence electrons. The Kier molecular flexibility index (Phi) is 2.09. The molecule has 2 aromatic heterocycles. The van der Waals surface area contributed by atoms with Crippen molar-refractivity contribution < 1.29 is 0 Å². The second-order valence-corrected chi connectivity index (χ2v) is 4.11. The van der Waals surface area contributed by atoms with E-state index in [0.717, 1.165) is 11.4 Å². The maximum absolute atomic E-state index is 5.67. The Morgan fingerprint density at radius 3 is 3.00 bits per heavy atom. The Morgan fingerprint density at radius 1 is 1.62 bits per heavy atom. The van der Waals surface area contributed by atoms with E-state index in [1.54, 1.807) is 11.3 Å². The fraction of sp³-hybridized carbons (Fsp3) is 0.444. The first-order valence-corrected chi connectivity index (χ1v) is 5.24. The first-order valence-electron chi connectivity index (χ1n) is 4.42. The van der Waals surface area contributed by atoms with Crippen LogP contribution in [0.3, 0.4) is 0 Å². The summed E-state index contributed by atoms with van der Waals surface area (Å²) in [6.07, 6.45) is 2.93. The first kappa shape index (κ1) is 8.72. The minimum absolute atomic E-state index is 0.622. The van der Waals surface area contributed by atoms with Gasteiger partial charge in [0, 0.05) is 29.0 Å². The lowest BCUT2D eigenvalue weighted by atomic mass is 10.3. The summed E-state index contributed by atoms with van der Waals surface area (Å²) < 4.78 is 2.20. The number of hydrogen-bond acceptors (Lipinski definition) is 3. The van der Waals surface area contributed by atoms with Gasteiger partial charge in [-0.2, -0.15) is 0 Å². The average Bonchev–Trinajstić information content (AvgIpc) is 2.65. The summed E-state index contributed by atoms with van der Waals surface area (Å²) in [6, 6.07) is 0. The smallest absolute Gasteiger partial charge is 0.194 e. The minimum Gasteiger partial charge on any atom is -0.326 e. The molecule has 2 N–H and O–H groups in total. The van der Waals surface area contributed by atoms with Gasteiger partial charge in [0.25, 0.3) is 0 Å². The van der Waals surface area contributed by atoms with Gasteiger partial charge in [-0.25, -0.2) is 4.98 Å². The zero-order valence-corrected chi connectivity index (χ0v) is 8.69. The van der Waals surface area contributed by atoms with Crippen LogP contribution >= 0.6 is 11.3 Å². The Labute approximate surface area is 81.2 Å². The molecule has 2 aromatic rings. The molecule has 0 atom stereocenters. The highest BCUT2D eigenvalue weighted by molar-refractivity contribution is 7.17. The summed E-state index contributed by atoms with van der Waals surface area (Å²) in [5, 5.41) is 0. The van der Waals surface area contributed by atoms with Crippen LogP contribution in [0.25, 0.3) is 4.96 Å². The fourth-order valence-electron chi connectivity index (χ4n) is 1.62. The van der Waals surface area contributed by atoms with Crippen LogP contribution in [0.2, 0.25) is 0 Å². The van der Waals surface area contributed by atoms with Crippen molar-refractivity contribution in [2.24, 2.45) is 5.73 Å². The lowest BCUT2D eigenvalue weighted by molar-refractivity contribution is 0.929. The predicted molar refractivity (Wildman–Crippen MR) is 55.1 cm³/mol. The SMILES string of the molecule is CCc1c(CN)sc2ncc(C)n12. The molecule has 0 aliphatic heterocycles. The molecule has 0 bridgehead atoms. The van der Waals surface area contributed by atoms with Crippen LogP contribution in [0.5, 0.6) is 0 Å². The van der Waals surface area contributed by atoms with Crippen molar-refractivity contribution in [2.75, 3.05) is 0 Å². The van der Waals surface area contributed by atoms with E-state index in [0.29, 0.717) is 6.54 Å². The van der Waals surface area contributed by atoms with Gasteiger partial charge in [0.15, 0.2) is 4.96 Å². The molecule has 2 rings (SSSR count). The largest absolute Gasteiger partial charge is 0.326 e. The summed E-state index contributed by atoms with van der Waals surface area (Å²) in [5.74, 6) is 0. The lowest BCUT2D eigenvalue weighted by Gasteiger charge is -1.99. The molecule has 0 amide bonds. The number of nitrogens with two attached hydrogens (primary N) is 1. The van der Waals surface area contributed by atoms with Crippen LogP contribution in [-0.2, 0) is 13.0 Å². The highest BCUT2D eigenvalue weighted by atomic mass is 32.1. The standard InChI is InChI=1S/C9H13N3S/c1-3-7-8(4-10)13-9-11-5-6(2)12(7)9/h5H,3-4,10H2,1-2H3. The summed E-state index contributed by atoms with van der Waals surface area (Å²) in [7, 11) is 0. The number of aromatic nitrogens is 2. The Bertz CT molecular complexity index is 427. The van der Waals surface area contributed by atoms with E-state index in [1.807, 2.05) is 6.20 Å². The molecule has 0 aliphatic carbocycles. The van der Waals surface area contributed by atoms with E-state index in [4.69, 9.17) is 5.73 Å². The van der Waals surface area contributed by atoms with Crippen molar-refractivity contribution in [2.45, 2.75) is 26.8 Å². The zero-order valence-electron chi connectivity index (χ0n) is 7.87. The van der Waals surface area contributed by atoms with Crippen LogP contribution in [0.15, 0.2) is 6.20 Å². The van der Waals surface area contributed by atoms with E-state index in [9.17, 15) is 0 Å². The van der Waals surface area contributed by atoms with Crippen LogP contribution < -0.4 is 5.73 Å². The van der Waals surface area contributed by atoms with Gasteiger partial charge in [-0.1, -0.05) is 18.3 Å². The van der Waals surface area contributed by atoms with E-state index in [1.165, 1.54) is 16.3 Å². The van der Waals surface area contributed by atoms with Gasteiger partial charge in [0.05, 0.1) is 0 Å². The van der Waals surface area contributed by atoms with Crippen molar-refractivity contribution in [3.8, 4) is 0 Å². The lowest BCUT2D eigenvalue weighted by Crippen LogP contribution is -2.00. The Morgan fingerprint density at radius 2 is 2.38 bits per heavy atom. The van der Waals surface area contributed by atoms with Crippen LogP contribution in [-0.4, -0.2) is 9.38 Å². The van der Waals surface area contributed by atoms with Crippen molar-refractivity contribution in [1.29, 1.82) is 0 Å². The number of rotatable bonds is 2. The van der Waals surface area contributed by atoms with Crippen molar-refractivity contribution in [1.82, 2.24) is 9.38 Å². The third-order valence-corrected chi connectivity index (χ3v) is 3.35. The van der Waals surface area contributed by atoms with Crippen molar-refractivity contribution >= 4 is 16.3 Å². The third-order valence-electron chi connectivity index (χ3n) is 2.23. The molecule has 2 heterocycles. The topological polar surface area (TPSA) is 43.3 Å². The summed E-state index contributed by atoms with van der Waals surface area (Å²) in [6.45, 7) is 4.85. The Hall–Kier alpha value is -0.870. The average molecular weight is 195 g/mol.